The number of amides is 1. The number of hydrogen-bond acceptors (Lipinski definition) is 5. The second-order valence-corrected chi connectivity index (χ2v) is 7.80. The Hall–Kier alpha value is -2.83. The maximum atomic E-state index is 13.0. The van der Waals surface area contributed by atoms with Crippen LogP contribution in [0.1, 0.15) is 30.0 Å². The fraction of sp³-hybridized carbons (Fsp3) is 0.304. The van der Waals surface area contributed by atoms with E-state index < -0.39 is 17.7 Å². The zero-order valence-corrected chi connectivity index (χ0v) is 17.3. The minimum Gasteiger partial charge on any atom is -0.507 e. The molecule has 2 aliphatic heterocycles. The molecule has 0 aliphatic carbocycles. The van der Waals surface area contributed by atoms with E-state index in [0.717, 1.165) is 12.8 Å². The summed E-state index contributed by atoms with van der Waals surface area (Å²) in [5.41, 5.74) is 1.20. The topological polar surface area (TPSA) is 76.1 Å². The number of hydrogen-bond donors (Lipinski definition) is 1. The zero-order chi connectivity index (χ0) is 21.3. The summed E-state index contributed by atoms with van der Waals surface area (Å²) >= 11 is 6.03. The van der Waals surface area contributed by atoms with E-state index in [1.165, 1.54) is 4.90 Å². The van der Waals surface area contributed by atoms with Crippen LogP contribution in [0.3, 0.4) is 0 Å². The van der Waals surface area contributed by atoms with E-state index in [0.29, 0.717) is 28.5 Å². The summed E-state index contributed by atoms with van der Waals surface area (Å²) < 4.78 is 10.8. The van der Waals surface area contributed by atoms with E-state index >= 15 is 0 Å². The number of ketones is 1. The van der Waals surface area contributed by atoms with Gasteiger partial charge in [-0.2, -0.15) is 0 Å². The molecule has 2 atom stereocenters. The van der Waals surface area contributed by atoms with E-state index in [-0.39, 0.29) is 24.0 Å². The first-order valence-corrected chi connectivity index (χ1v) is 10.2. The highest BCUT2D eigenvalue weighted by Gasteiger charge is 2.47. The molecule has 1 N–H and O–H groups in total. The van der Waals surface area contributed by atoms with Crippen molar-refractivity contribution in [1.29, 1.82) is 0 Å². The molecular formula is C23H22ClNO5. The SMILES string of the molecule is COc1ccc(C(O)=C2C(=O)C(=O)N(C[C@@H]3CCCO3)[C@@H]2c2ccc(Cl)cc2)cc1. The third-order valence-corrected chi connectivity index (χ3v) is 5.77. The third-order valence-electron chi connectivity index (χ3n) is 5.51. The highest BCUT2D eigenvalue weighted by atomic mass is 35.5. The molecule has 2 aromatic carbocycles. The van der Waals surface area contributed by atoms with Crippen LogP contribution in [0, 0.1) is 0 Å². The average Bonchev–Trinajstić information content (AvgIpc) is 3.36. The van der Waals surface area contributed by atoms with Crippen LogP contribution in [0.25, 0.3) is 5.76 Å². The van der Waals surface area contributed by atoms with E-state index in [1.54, 1.807) is 55.6 Å². The van der Waals surface area contributed by atoms with Crippen LogP contribution in [0.4, 0.5) is 0 Å². The minimum atomic E-state index is -0.714. The van der Waals surface area contributed by atoms with Crippen molar-refractivity contribution in [3.05, 3.63) is 70.3 Å². The van der Waals surface area contributed by atoms with Crippen molar-refractivity contribution in [2.24, 2.45) is 0 Å². The molecule has 0 unspecified atom stereocenters. The number of halogens is 1. The highest BCUT2D eigenvalue weighted by Crippen LogP contribution is 2.40. The van der Waals surface area contributed by atoms with Gasteiger partial charge in [0.05, 0.1) is 24.8 Å². The minimum absolute atomic E-state index is 0.0606. The van der Waals surface area contributed by atoms with E-state index in [2.05, 4.69) is 0 Å². The Balaban J connectivity index is 1.80. The van der Waals surface area contributed by atoms with E-state index in [9.17, 15) is 14.7 Å². The molecule has 0 bridgehead atoms. The number of Topliss-reactive ketones (excluding diaryl/α,β-unsaturated/α-hetero) is 1. The summed E-state index contributed by atoms with van der Waals surface area (Å²) in [5.74, 6) is -0.938. The second kappa shape index (κ2) is 8.50. The smallest absolute Gasteiger partial charge is 0.295 e. The molecule has 2 heterocycles. The first kappa shape index (κ1) is 20.4. The lowest BCUT2D eigenvalue weighted by molar-refractivity contribution is -0.140. The van der Waals surface area contributed by atoms with Gasteiger partial charge in [-0.05, 0) is 54.8 Å². The molecule has 4 rings (SSSR count). The summed E-state index contributed by atoms with van der Waals surface area (Å²) in [7, 11) is 1.55. The largest absolute Gasteiger partial charge is 0.507 e. The first-order chi connectivity index (χ1) is 14.5. The molecule has 2 saturated heterocycles. The van der Waals surface area contributed by atoms with Crippen molar-refractivity contribution < 1.29 is 24.2 Å². The predicted molar refractivity (Wildman–Crippen MR) is 112 cm³/mol. The number of carbonyl (C=O) groups is 2. The molecule has 6 nitrogen and oxygen atoms in total. The molecular weight excluding hydrogens is 406 g/mol. The lowest BCUT2D eigenvalue weighted by Gasteiger charge is -2.27. The van der Waals surface area contributed by atoms with Gasteiger partial charge in [0.2, 0.25) is 0 Å². The van der Waals surface area contributed by atoms with Gasteiger partial charge in [-0.15, -0.1) is 0 Å². The van der Waals surface area contributed by atoms with Crippen molar-refractivity contribution in [1.82, 2.24) is 4.90 Å². The Morgan fingerprint density at radius 2 is 1.87 bits per heavy atom. The summed E-state index contributed by atoms with van der Waals surface area (Å²) in [6.45, 7) is 0.934. The van der Waals surface area contributed by atoms with Crippen LogP contribution in [0.5, 0.6) is 5.75 Å². The van der Waals surface area contributed by atoms with Crippen molar-refractivity contribution in [3.8, 4) is 5.75 Å². The lowest BCUT2D eigenvalue weighted by atomic mass is 9.95. The van der Waals surface area contributed by atoms with Crippen molar-refractivity contribution >= 4 is 29.1 Å². The van der Waals surface area contributed by atoms with Gasteiger partial charge in [-0.25, -0.2) is 0 Å². The molecule has 1 amide bonds. The summed E-state index contributed by atoms with van der Waals surface area (Å²) in [5, 5.41) is 11.6. The molecule has 30 heavy (non-hydrogen) atoms. The Kier molecular flexibility index (Phi) is 5.79. The Labute approximate surface area is 179 Å². The van der Waals surface area contributed by atoms with Crippen LogP contribution in [-0.2, 0) is 14.3 Å². The van der Waals surface area contributed by atoms with Crippen LogP contribution >= 0.6 is 11.6 Å². The fourth-order valence-corrected chi connectivity index (χ4v) is 4.10. The van der Waals surface area contributed by atoms with Gasteiger partial charge in [0.25, 0.3) is 11.7 Å². The molecule has 2 fully saturated rings. The van der Waals surface area contributed by atoms with Crippen LogP contribution in [-0.4, -0.2) is 48.1 Å². The number of aliphatic hydroxyl groups is 1. The molecule has 0 spiro atoms. The van der Waals surface area contributed by atoms with Gasteiger partial charge in [0.1, 0.15) is 11.5 Å². The fourth-order valence-electron chi connectivity index (χ4n) is 3.97. The Morgan fingerprint density at radius 1 is 1.17 bits per heavy atom. The number of likely N-dealkylation sites (tertiary alicyclic amines) is 1. The molecule has 2 aliphatic rings. The number of benzene rings is 2. The number of carbonyl (C=O) groups excluding carboxylic acids is 2. The van der Waals surface area contributed by atoms with Crippen molar-refractivity contribution in [3.63, 3.8) is 0 Å². The second-order valence-electron chi connectivity index (χ2n) is 7.37. The zero-order valence-electron chi connectivity index (χ0n) is 16.5. The number of methoxy groups -OCH3 is 1. The van der Waals surface area contributed by atoms with E-state index in [4.69, 9.17) is 21.1 Å². The van der Waals surface area contributed by atoms with Gasteiger partial charge in [-0.3, -0.25) is 9.59 Å². The summed E-state index contributed by atoms with van der Waals surface area (Å²) in [6, 6.07) is 12.9. The number of nitrogens with zero attached hydrogens (tertiary/aromatic N) is 1. The van der Waals surface area contributed by atoms with E-state index in [1.807, 2.05) is 0 Å². The molecule has 7 heteroatoms. The van der Waals surface area contributed by atoms with Crippen LogP contribution in [0.2, 0.25) is 5.02 Å². The monoisotopic (exact) mass is 427 g/mol. The molecule has 0 radical (unpaired) electrons. The first-order valence-electron chi connectivity index (χ1n) is 9.79. The average molecular weight is 428 g/mol. The van der Waals surface area contributed by atoms with Crippen LogP contribution in [0.15, 0.2) is 54.1 Å². The maximum Gasteiger partial charge on any atom is 0.295 e. The number of ether oxygens (including phenoxy) is 2. The molecule has 156 valence electrons. The molecule has 0 saturated carbocycles. The third kappa shape index (κ3) is 3.80. The standard InChI is InChI=1S/C23H22ClNO5/c1-29-17-10-6-15(7-11-17)21(26)19-20(14-4-8-16(24)9-5-14)25(23(28)22(19)27)13-18-3-2-12-30-18/h4-11,18,20,26H,2-3,12-13H2,1H3/t18-,20+/m0/s1. The summed E-state index contributed by atoms with van der Waals surface area (Å²) in [4.78, 5) is 27.4. The van der Waals surface area contributed by atoms with Gasteiger partial charge >= 0.3 is 0 Å². The van der Waals surface area contributed by atoms with Crippen molar-refractivity contribution in [2.75, 3.05) is 20.3 Å². The number of rotatable bonds is 5. The Bertz CT molecular complexity index is 978. The lowest BCUT2D eigenvalue weighted by Crippen LogP contribution is -2.36. The molecule has 0 aromatic heterocycles. The quantitative estimate of drug-likeness (QED) is 0.444. The van der Waals surface area contributed by atoms with Gasteiger partial charge in [-0.1, -0.05) is 23.7 Å². The van der Waals surface area contributed by atoms with Gasteiger partial charge in [0, 0.05) is 23.7 Å². The van der Waals surface area contributed by atoms with Gasteiger partial charge < -0.3 is 19.5 Å². The van der Waals surface area contributed by atoms with Crippen LogP contribution < -0.4 is 4.74 Å². The normalized spacial score (nSPS) is 23.2. The van der Waals surface area contributed by atoms with Gasteiger partial charge in [0.15, 0.2) is 0 Å². The highest BCUT2D eigenvalue weighted by molar-refractivity contribution is 6.46. The maximum absolute atomic E-state index is 13.0. The van der Waals surface area contributed by atoms with Crippen molar-refractivity contribution in [2.45, 2.75) is 25.0 Å². The predicted octanol–water partition coefficient (Wildman–Crippen LogP) is 3.95. The summed E-state index contributed by atoms with van der Waals surface area (Å²) in [6.07, 6.45) is 1.62. The molecule has 2 aromatic rings. The number of aliphatic hydroxyl groups excluding tert-OH is 1. The Morgan fingerprint density at radius 3 is 2.47 bits per heavy atom.